The lowest BCUT2D eigenvalue weighted by atomic mass is 10.2. The fraction of sp³-hybridized carbons (Fsp3) is 0.357. The van der Waals surface area contributed by atoms with Crippen LogP contribution in [-0.2, 0) is 14.3 Å². The van der Waals surface area contributed by atoms with Gasteiger partial charge in [0, 0.05) is 25.3 Å². The first kappa shape index (κ1) is 15.7. The Morgan fingerprint density at radius 3 is 2.25 bits per heavy atom. The highest BCUT2D eigenvalue weighted by Gasteiger charge is 2.11. The van der Waals surface area contributed by atoms with Crippen LogP contribution in [0.1, 0.15) is 23.7 Å². The number of benzene rings is 1. The summed E-state index contributed by atoms with van der Waals surface area (Å²) in [7, 11) is 3.33. The van der Waals surface area contributed by atoms with Crippen molar-refractivity contribution in [1.82, 2.24) is 4.90 Å². The lowest BCUT2D eigenvalue weighted by molar-refractivity contribution is -0.145. The first-order valence-electron chi connectivity index (χ1n) is 6.21. The first-order valence-corrected chi connectivity index (χ1v) is 6.21. The standard InChI is InChI=1S/C14H18N2O4/c1-4-20-13(18)9-12(17)15-11-7-5-10(6-8-11)14(19)16(2)3/h5-8H,4,9H2,1-3H3,(H,15,17). The first-order chi connectivity index (χ1) is 9.43. The van der Waals surface area contributed by atoms with E-state index in [1.54, 1.807) is 45.3 Å². The molecule has 0 radical (unpaired) electrons. The minimum atomic E-state index is -0.565. The van der Waals surface area contributed by atoms with Crippen LogP contribution in [0.5, 0.6) is 0 Å². The van der Waals surface area contributed by atoms with E-state index in [-0.39, 0.29) is 18.9 Å². The number of ether oxygens (including phenoxy) is 1. The number of carbonyl (C=O) groups is 3. The molecule has 1 rings (SSSR count). The molecule has 0 aromatic heterocycles. The monoisotopic (exact) mass is 278 g/mol. The van der Waals surface area contributed by atoms with Gasteiger partial charge in [0.15, 0.2) is 0 Å². The quantitative estimate of drug-likeness (QED) is 0.650. The molecule has 1 N–H and O–H groups in total. The lowest BCUT2D eigenvalue weighted by Gasteiger charge is -2.10. The summed E-state index contributed by atoms with van der Waals surface area (Å²) < 4.78 is 4.68. The smallest absolute Gasteiger partial charge is 0.315 e. The third kappa shape index (κ3) is 4.72. The van der Waals surface area contributed by atoms with Gasteiger partial charge in [-0.25, -0.2) is 0 Å². The van der Waals surface area contributed by atoms with Crippen molar-refractivity contribution in [2.24, 2.45) is 0 Å². The van der Waals surface area contributed by atoms with E-state index < -0.39 is 11.9 Å². The van der Waals surface area contributed by atoms with Gasteiger partial charge in [-0.3, -0.25) is 14.4 Å². The van der Waals surface area contributed by atoms with Crippen LogP contribution in [0.2, 0.25) is 0 Å². The molecule has 0 fully saturated rings. The van der Waals surface area contributed by atoms with Gasteiger partial charge in [-0.2, -0.15) is 0 Å². The molecular weight excluding hydrogens is 260 g/mol. The number of hydrogen-bond donors (Lipinski definition) is 1. The van der Waals surface area contributed by atoms with Gasteiger partial charge in [-0.15, -0.1) is 0 Å². The third-order valence-electron chi connectivity index (χ3n) is 2.43. The fourth-order valence-corrected chi connectivity index (χ4v) is 1.50. The Morgan fingerprint density at radius 1 is 1.15 bits per heavy atom. The zero-order valence-electron chi connectivity index (χ0n) is 11.8. The second-order valence-electron chi connectivity index (χ2n) is 4.31. The van der Waals surface area contributed by atoms with Crippen LogP contribution < -0.4 is 5.32 Å². The highest BCUT2D eigenvalue weighted by atomic mass is 16.5. The molecule has 0 saturated carbocycles. The highest BCUT2D eigenvalue weighted by Crippen LogP contribution is 2.11. The van der Waals surface area contributed by atoms with Crippen LogP contribution in [0.3, 0.4) is 0 Å². The van der Waals surface area contributed by atoms with Crippen LogP contribution in [0.15, 0.2) is 24.3 Å². The summed E-state index contributed by atoms with van der Waals surface area (Å²) in [4.78, 5) is 35.8. The normalized spacial score (nSPS) is 9.75. The van der Waals surface area contributed by atoms with Crippen molar-refractivity contribution in [2.45, 2.75) is 13.3 Å². The second kappa shape index (κ2) is 7.28. The predicted molar refractivity (Wildman–Crippen MR) is 74.3 cm³/mol. The molecule has 0 bridgehead atoms. The number of nitrogens with zero attached hydrogens (tertiary/aromatic N) is 1. The summed E-state index contributed by atoms with van der Waals surface area (Å²) in [5.41, 5.74) is 1.05. The molecule has 20 heavy (non-hydrogen) atoms. The van der Waals surface area contributed by atoms with Crippen molar-refractivity contribution in [3.05, 3.63) is 29.8 Å². The molecule has 0 heterocycles. The van der Waals surface area contributed by atoms with Gasteiger partial charge in [0.25, 0.3) is 5.91 Å². The minimum absolute atomic E-state index is 0.116. The van der Waals surface area contributed by atoms with E-state index in [2.05, 4.69) is 10.1 Å². The molecule has 0 atom stereocenters. The summed E-state index contributed by atoms with van der Waals surface area (Å²) in [5.74, 6) is -1.13. The Kier molecular flexibility index (Phi) is 5.71. The molecule has 108 valence electrons. The zero-order valence-corrected chi connectivity index (χ0v) is 11.8. The van der Waals surface area contributed by atoms with E-state index in [4.69, 9.17) is 0 Å². The minimum Gasteiger partial charge on any atom is -0.466 e. The van der Waals surface area contributed by atoms with Crippen molar-refractivity contribution < 1.29 is 19.1 Å². The van der Waals surface area contributed by atoms with Crippen molar-refractivity contribution >= 4 is 23.5 Å². The van der Waals surface area contributed by atoms with E-state index in [9.17, 15) is 14.4 Å². The van der Waals surface area contributed by atoms with Gasteiger partial charge in [-0.05, 0) is 31.2 Å². The van der Waals surface area contributed by atoms with E-state index in [1.807, 2.05) is 0 Å². The summed E-state index contributed by atoms with van der Waals surface area (Å²) >= 11 is 0. The lowest BCUT2D eigenvalue weighted by Crippen LogP contribution is -2.21. The maximum Gasteiger partial charge on any atom is 0.315 e. The number of nitrogens with one attached hydrogen (secondary N) is 1. The average molecular weight is 278 g/mol. The largest absolute Gasteiger partial charge is 0.466 e. The van der Waals surface area contributed by atoms with Crippen molar-refractivity contribution in [1.29, 1.82) is 0 Å². The Balaban J connectivity index is 2.59. The molecule has 6 nitrogen and oxygen atoms in total. The Hall–Kier alpha value is -2.37. The Labute approximate surface area is 117 Å². The Bertz CT molecular complexity index is 494. The molecule has 0 saturated heterocycles. The van der Waals surface area contributed by atoms with Gasteiger partial charge < -0.3 is 15.0 Å². The molecular formula is C14H18N2O4. The van der Waals surface area contributed by atoms with Crippen LogP contribution in [0, 0.1) is 0 Å². The molecule has 0 aliphatic heterocycles. The SMILES string of the molecule is CCOC(=O)CC(=O)Nc1ccc(C(=O)N(C)C)cc1. The number of anilines is 1. The molecule has 0 unspecified atom stereocenters. The maximum absolute atomic E-state index is 11.7. The number of esters is 1. The number of amides is 2. The third-order valence-corrected chi connectivity index (χ3v) is 2.43. The van der Waals surface area contributed by atoms with Crippen LogP contribution in [0.25, 0.3) is 0 Å². The molecule has 0 aliphatic rings. The van der Waals surface area contributed by atoms with Gasteiger partial charge in [0.1, 0.15) is 6.42 Å². The zero-order chi connectivity index (χ0) is 15.1. The van der Waals surface area contributed by atoms with Gasteiger partial charge >= 0.3 is 5.97 Å². The van der Waals surface area contributed by atoms with Crippen LogP contribution in [-0.4, -0.2) is 43.4 Å². The molecule has 6 heteroatoms. The van der Waals surface area contributed by atoms with Crippen molar-refractivity contribution in [3.8, 4) is 0 Å². The van der Waals surface area contributed by atoms with E-state index in [0.717, 1.165) is 0 Å². The molecule has 1 aromatic rings. The predicted octanol–water partition coefficient (Wildman–Crippen LogP) is 1.28. The number of rotatable bonds is 5. The summed E-state index contributed by atoms with van der Waals surface area (Å²) in [6, 6.07) is 6.45. The van der Waals surface area contributed by atoms with Gasteiger partial charge in [-0.1, -0.05) is 0 Å². The fourth-order valence-electron chi connectivity index (χ4n) is 1.50. The molecule has 0 aliphatic carbocycles. The average Bonchev–Trinajstić information content (AvgIpc) is 2.38. The van der Waals surface area contributed by atoms with Crippen molar-refractivity contribution in [3.63, 3.8) is 0 Å². The number of hydrogen-bond acceptors (Lipinski definition) is 4. The maximum atomic E-state index is 11.7. The van der Waals surface area contributed by atoms with E-state index in [0.29, 0.717) is 11.3 Å². The van der Waals surface area contributed by atoms with Gasteiger partial charge in [0.2, 0.25) is 5.91 Å². The van der Waals surface area contributed by atoms with Gasteiger partial charge in [0.05, 0.1) is 6.61 Å². The van der Waals surface area contributed by atoms with Crippen LogP contribution in [0.4, 0.5) is 5.69 Å². The van der Waals surface area contributed by atoms with Crippen molar-refractivity contribution in [2.75, 3.05) is 26.0 Å². The summed E-state index contributed by atoms with van der Waals surface area (Å²) in [6.07, 6.45) is -0.327. The molecule has 1 aromatic carbocycles. The van der Waals surface area contributed by atoms with E-state index >= 15 is 0 Å². The second-order valence-corrected chi connectivity index (χ2v) is 4.31. The summed E-state index contributed by atoms with van der Waals surface area (Å²) in [6.45, 7) is 1.92. The highest BCUT2D eigenvalue weighted by molar-refractivity contribution is 6.02. The topological polar surface area (TPSA) is 75.7 Å². The van der Waals surface area contributed by atoms with E-state index in [1.165, 1.54) is 4.90 Å². The Morgan fingerprint density at radius 2 is 1.75 bits per heavy atom. The number of carbonyl (C=O) groups excluding carboxylic acids is 3. The molecule has 0 spiro atoms. The molecule has 2 amide bonds. The summed E-state index contributed by atoms with van der Waals surface area (Å²) in [5, 5.41) is 2.56. The van der Waals surface area contributed by atoms with Crippen LogP contribution >= 0.6 is 0 Å².